The number of ether oxygens (including phenoxy) is 2. The standard InChI is InChI=1S/C18H19ClO2/c1-20-15-8-9-16(17(11-15)21-2)18(19)14-7-6-12-4-3-5-13(12)10-14/h6-11,18H,3-5H2,1-2H3. The van der Waals surface area contributed by atoms with Crippen LogP contribution < -0.4 is 9.47 Å². The summed E-state index contributed by atoms with van der Waals surface area (Å²) >= 11 is 6.69. The Hall–Kier alpha value is -1.67. The van der Waals surface area contributed by atoms with Crippen LogP contribution in [0.3, 0.4) is 0 Å². The van der Waals surface area contributed by atoms with Gasteiger partial charge in [0.2, 0.25) is 0 Å². The Balaban J connectivity index is 1.96. The molecule has 0 spiro atoms. The second-order valence-corrected chi connectivity index (χ2v) is 5.79. The van der Waals surface area contributed by atoms with E-state index in [2.05, 4.69) is 18.2 Å². The zero-order valence-electron chi connectivity index (χ0n) is 12.4. The highest BCUT2D eigenvalue weighted by Crippen LogP contribution is 2.38. The van der Waals surface area contributed by atoms with Crippen LogP contribution in [0.15, 0.2) is 36.4 Å². The molecule has 21 heavy (non-hydrogen) atoms. The van der Waals surface area contributed by atoms with Crippen molar-refractivity contribution < 1.29 is 9.47 Å². The van der Waals surface area contributed by atoms with Gasteiger partial charge in [-0.3, -0.25) is 0 Å². The topological polar surface area (TPSA) is 18.5 Å². The first-order valence-corrected chi connectivity index (χ1v) is 7.64. The number of hydrogen-bond donors (Lipinski definition) is 0. The Bertz CT molecular complexity index is 652. The van der Waals surface area contributed by atoms with Gasteiger partial charge in [0.05, 0.1) is 19.6 Å². The molecule has 1 unspecified atom stereocenters. The van der Waals surface area contributed by atoms with E-state index in [0.717, 1.165) is 29.0 Å². The SMILES string of the molecule is COc1ccc(C(Cl)c2ccc3c(c2)CCC3)c(OC)c1. The minimum Gasteiger partial charge on any atom is -0.497 e. The minimum atomic E-state index is -0.211. The summed E-state index contributed by atoms with van der Waals surface area (Å²) in [5.41, 5.74) is 4.99. The van der Waals surface area contributed by atoms with E-state index in [0.29, 0.717) is 0 Å². The third kappa shape index (κ3) is 2.73. The van der Waals surface area contributed by atoms with Gasteiger partial charge in [0.15, 0.2) is 0 Å². The highest BCUT2D eigenvalue weighted by atomic mass is 35.5. The molecule has 0 bridgehead atoms. The Kier molecular flexibility index (Phi) is 4.07. The van der Waals surface area contributed by atoms with Crippen molar-refractivity contribution in [3.63, 3.8) is 0 Å². The van der Waals surface area contributed by atoms with Crippen LogP contribution in [0.4, 0.5) is 0 Å². The van der Waals surface area contributed by atoms with Crippen molar-refractivity contribution in [2.24, 2.45) is 0 Å². The summed E-state index contributed by atoms with van der Waals surface area (Å²) in [5.74, 6) is 1.53. The van der Waals surface area contributed by atoms with Crippen LogP contribution in [0.25, 0.3) is 0 Å². The number of aryl methyl sites for hydroxylation is 2. The molecule has 0 saturated carbocycles. The fourth-order valence-electron chi connectivity index (χ4n) is 2.96. The van der Waals surface area contributed by atoms with Gasteiger partial charge < -0.3 is 9.47 Å². The summed E-state index contributed by atoms with van der Waals surface area (Å²) in [7, 11) is 3.30. The molecule has 0 saturated heterocycles. The molecule has 0 aliphatic heterocycles. The van der Waals surface area contributed by atoms with E-state index in [4.69, 9.17) is 21.1 Å². The van der Waals surface area contributed by atoms with Crippen molar-refractivity contribution in [2.75, 3.05) is 14.2 Å². The molecule has 1 aliphatic carbocycles. The molecule has 0 fully saturated rings. The summed E-state index contributed by atoms with van der Waals surface area (Å²) in [6, 6.07) is 12.3. The first kappa shape index (κ1) is 14.3. The summed E-state index contributed by atoms with van der Waals surface area (Å²) in [6.45, 7) is 0. The molecule has 0 amide bonds. The van der Waals surface area contributed by atoms with Crippen LogP contribution in [0, 0.1) is 0 Å². The van der Waals surface area contributed by atoms with Crippen LogP contribution in [0.5, 0.6) is 11.5 Å². The van der Waals surface area contributed by atoms with Gasteiger partial charge in [-0.25, -0.2) is 0 Å². The smallest absolute Gasteiger partial charge is 0.127 e. The number of alkyl halides is 1. The lowest BCUT2D eigenvalue weighted by atomic mass is 9.99. The molecule has 2 nitrogen and oxygen atoms in total. The molecule has 2 aromatic carbocycles. The number of methoxy groups -OCH3 is 2. The van der Waals surface area contributed by atoms with Crippen LogP contribution in [-0.4, -0.2) is 14.2 Å². The highest BCUT2D eigenvalue weighted by Gasteiger charge is 2.19. The van der Waals surface area contributed by atoms with Crippen molar-refractivity contribution in [1.82, 2.24) is 0 Å². The second-order valence-electron chi connectivity index (χ2n) is 5.35. The van der Waals surface area contributed by atoms with Crippen molar-refractivity contribution >= 4 is 11.6 Å². The van der Waals surface area contributed by atoms with Crippen LogP contribution >= 0.6 is 11.6 Å². The van der Waals surface area contributed by atoms with Gasteiger partial charge in [-0.05, 0) is 48.1 Å². The van der Waals surface area contributed by atoms with Crippen LogP contribution in [-0.2, 0) is 12.8 Å². The van der Waals surface area contributed by atoms with E-state index in [1.807, 2.05) is 18.2 Å². The van der Waals surface area contributed by atoms with Gasteiger partial charge in [0.25, 0.3) is 0 Å². The van der Waals surface area contributed by atoms with Gasteiger partial charge in [-0.15, -0.1) is 11.6 Å². The Morgan fingerprint density at radius 3 is 2.52 bits per heavy atom. The monoisotopic (exact) mass is 302 g/mol. The maximum atomic E-state index is 6.69. The summed E-state index contributed by atoms with van der Waals surface area (Å²) in [5, 5.41) is -0.211. The first-order valence-electron chi connectivity index (χ1n) is 7.20. The van der Waals surface area contributed by atoms with Gasteiger partial charge in [0.1, 0.15) is 11.5 Å². The number of halogens is 1. The normalized spacial score (nSPS) is 14.6. The number of fused-ring (bicyclic) bond motifs is 1. The molecular formula is C18H19ClO2. The average Bonchev–Trinajstić information content (AvgIpc) is 3.01. The molecule has 0 aromatic heterocycles. The maximum Gasteiger partial charge on any atom is 0.127 e. The molecule has 1 aliphatic rings. The average molecular weight is 303 g/mol. The fourth-order valence-corrected chi connectivity index (χ4v) is 3.27. The van der Waals surface area contributed by atoms with Crippen molar-refractivity contribution in [1.29, 1.82) is 0 Å². The summed E-state index contributed by atoms with van der Waals surface area (Å²) in [6.07, 6.45) is 3.60. The quantitative estimate of drug-likeness (QED) is 0.773. The molecule has 0 heterocycles. The molecule has 0 N–H and O–H groups in total. The van der Waals surface area contributed by atoms with Crippen molar-refractivity contribution in [2.45, 2.75) is 24.6 Å². The maximum absolute atomic E-state index is 6.69. The number of benzene rings is 2. The molecule has 3 heteroatoms. The van der Waals surface area contributed by atoms with Crippen molar-refractivity contribution in [3.8, 4) is 11.5 Å². The molecule has 3 rings (SSSR count). The Morgan fingerprint density at radius 1 is 0.952 bits per heavy atom. The highest BCUT2D eigenvalue weighted by molar-refractivity contribution is 6.22. The minimum absolute atomic E-state index is 0.211. The third-order valence-corrected chi connectivity index (χ3v) is 4.62. The first-order chi connectivity index (χ1) is 10.2. The van der Waals surface area contributed by atoms with Crippen molar-refractivity contribution in [3.05, 3.63) is 58.7 Å². The lowest BCUT2D eigenvalue weighted by Crippen LogP contribution is -1.99. The fraction of sp³-hybridized carbons (Fsp3) is 0.333. The van der Waals surface area contributed by atoms with Gasteiger partial charge in [0, 0.05) is 11.6 Å². The van der Waals surface area contributed by atoms with E-state index in [-0.39, 0.29) is 5.38 Å². The summed E-state index contributed by atoms with van der Waals surface area (Å²) < 4.78 is 10.7. The third-order valence-electron chi connectivity index (χ3n) is 4.13. The lowest BCUT2D eigenvalue weighted by Gasteiger charge is -2.16. The number of hydrogen-bond acceptors (Lipinski definition) is 2. The molecule has 110 valence electrons. The van der Waals surface area contributed by atoms with E-state index < -0.39 is 0 Å². The van der Waals surface area contributed by atoms with E-state index in [9.17, 15) is 0 Å². The Morgan fingerprint density at radius 2 is 1.76 bits per heavy atom. The van der Waals surface area contributed by atoms with Gasteiger partial charge >= 0.3 is 0 Å². The van der Waals surface area contributed by atoms with E-state index in [1.54, 1.807) is 14.2 Å². The van der Waals surface area contributed by atoms with Crippen LogP contribution in [0.2, 0.25) is 0 Å². The number of rotatable bonds is 4. The Labute approximate surface area is 130 Å². The van der Waals surface area contributed by atoms with Gasteiger partial charge in [-0.2, -0.15) is 0 Å². The second kappa shape index (κ2) is 5.98. The van der Waals surface area contributed by atoms with Gasteiger partial charge in [-0.1, -0.05) is 18.2 Å². The largest absolute Gasteiger partial charge is 0.497 e. The van der Waals surface area contributed by atoms with E-state index in [1.165, 1.54) is 24.0 Å². The predicted molar refractivity (Wildman–Crippen MR) is 85.7 cm³/mol. The van der Waals surface area contributed by atoms with Crippen LogP contribution in [0.1, 0.15) is 34.1 Å². The lowest BCUT2D eigenvalue weighted by molar-refractivity contribution is 0.391. The summed E-state index contributed by atoms with van der Waals surface area (Å²) in [4.78, 5) is 0. The predicted octanol–water partition coefficient (Wildman–Crippen LogP) is 4.52. The zero-order valence-corrected chi connectivity index (χ0v) is 13.1. The zero-order chi connectivity index (χ0) is 14.8. The molecule has 0 radical (unpaired) electrons. The molecule has 1 atom stereocenters. The molecule has 2 aromatic rings. The molecular weight excluding hydrogens is 284 g/mol. The van der Waals surface area contributed by atoms with E-state index >= 15 is 0 Å².